The van der Waals surface area contributed by atoms with Crippen molar-refractivity contribution < 1.29 is 9.47 Å². The highest BCUT2D eigenvalue weighted by molar-refractivity contribution is 5.97. The number of hydrogen-bond donors (Lipinski definition) is 1. The number of rotatable bonds is 5. The van der Waals surface area contributed by atoms with Gasteiger partial charge in [-0.2, -0.15) is 0 Å². The molecule has 1 aromatic heterocycles. The summed E-state index contributed by atoms with van der Waals surface area (Å²) in [4.78, 5) is 4.22. The molecule has 0 saturated heterocycles. The molecular weight excluding hydrogens is 216 g/mol. The zero-order chi connectivity index (χ0) is 12.1. The van der Waals surface area contributed by atoms with E-state index in [1.54, 1.807) is 20.4 Å². The maximum Gasteiger partial charge on any atom is 0.223 e. The van der Waals surface area contributed by atoms with Crippen LogP contribution in [-0.4, -0.2) is 32.4 Å². The Kier molecular flexibility index (Phi) is 3.77. The third kappa shape index (κ3) is 2.47. The Morgan fingerprint density at radius 3 is 2.88 bits per heavy atom. The van der Waals surface area contributed by atoms with E-state index in [2.05, 4.69) is 10.3 Å². The molecule has 0 aliphatic carbocycles. The Labute approximate surface area is 101 Å². The normalized spacial score (nSPS) is 10.5. The minimum atomic E-state index is 0.642. The van der Waals surface area contributed by atoms with Crippen molar-refractivity contribution >= 4 is 16.5 Å². The second kappa shape index (κ2) is 5.50. The zero-order valence-electron chi connectivity index (χ0n) is 10.1. The van der Waals surface area contributed by atoms with Crippen LogP contribution in [0.5, 0.6) is 5.88 Å². The highest BCUT2D eigenvalue weighted by Crippen LogP contribution is 2.29. The lowest BCUT2D eigenvalue weighted by molar-refractivity contribution is 0.211. The SMILES string of the molecule is COCCNc1cccc2ccnc(OC)c12. The average molecular weight is 232 g/mol. The van der Waals surface area contributed by atoms with Gasteiger partial charge < -0.3 is 14.8 Å². The first-order valence-electron chi connectivity index (χ1n) is 5.51. The molecule has 4 nitrogen and oxygen atoms in total. The molecular formula is C13H16N2O2. The van der Waals surface area contributed by atoms with Crippen molar-refractivity contribution in [2.75, 3.05) is 32.7 Å². The third-order valence-corrected chi connectivity index (χ3v) is 2.57. The number of nitrogens with one attached hydrogen (secondary N) is 1. The Morgan fingerprint density at radius 2 is 2.12 bits per heavy atom. The molecule has 0 unspecified atom stereocenters. The fourth-order valence-corrected chi connectivity index (χ4v) is 1.79. The van der Waals surface area contributed by atoms with Gasteiger partial charge in [0.1, 0.15) is 0 Å². The summed E-state index contributed by atoms with van der Waals surface area (Å²) >= 11 is 0. The third-order valence-electron chi connectivity index (χ3n) is 2.57. The van der Waals surface area contributed by atoms with E-state index >= 15 is 0 Å². The van der Waals surface area contributed by atoms with Crippen LogP contribution in [0.25, 0.3) is 10.8 Å². The predicted octanol–water partition coefficient (Wildman–Crippen LogP) is 2.30. The Hall–Kier alpha value is -1.81. The van der Waals surface area contributed by atoms with Gasteiger partial charge in [0.25, 0.3) is 0 Å². The molecule has 0 atom stereocenters. The number of anilines is 1. The largest absolute Gasteiger partial charge is 0.480 e. The molecule has 17 heavy (non-hydrogen) atoms. The minimum Gasteiger partial charge on any atom is -0.480 e. The molecule has 4 heteroatoms. The molecule has 1 heterocycles. The molecule has 0 fully saturated rings. The minimum absolute atomic E-state index is 0.642. The van der Waals surface area contributed by atoms with E-state index < -0.39 is 0 Å². The number of methoxy groups -OCH3 is 2. The molecule has 0 spiro atoms. The molecule has 1 N–H and O–H groups in total. The molecule has 90 valence electrons. The lowest BCUT2D eigenvalue weighted by Crippen LogP contribution is -2.08. The molecule has 0 aliphatic rings. The van der Waals surface area contributed by atoms with Gasteiger partial charge in [-0.1, -0.05) is 12.1 Å². The fourth-order valence-electron chi connectivity index (χ4n) is 1.79. The monoisotopic (exact) mass is 232 g/mol. The summed E-state index contributed by atoms with van der Waals surface area (Å²) in [5.74, 6) is 0.642. The van der Waals surface area contributed by atoms with E-state index in [-0.39, 0.29) is 0 Å². The number of ether oxygens (including phenoxy) is 2. The summed E-state index contributed by atoms with van der Waals surface area (Å²) in [6, 6.07) is 8.04. The first-order valence-corrected chi connectivity index (χ1v) is 5.51. The van der Waals surface area contributed by atoms with E-state index in [1.165, 1.54) is 0 Å². The van der Waals surface area contributed by atoms with Crippen LogP contribution in [0.1, 0.15) is 0 Å². The van der Waals surface area contributed by atoms with Crippen molar-refractivity contribution in [2.45, 2.75) is 0 Å². The number of aromatic nitrogens is 1. The summed E-state index contributed by atoms with van der Waals surface area (Å²) in [5.41, 5.74) is 1.02. The number of fused-ring (bicyclic) bond motifs is 1. The first kappa shape index (κ1) is 11.7. The number of benzene rings is 1. The van der Waals surface area contributed by atoms with E-state index in [0.717, 1.165) is 23.0 Å². The van der Waals surface area contributed by atoms with Crippen molar-refractivity contribution in [3.8, 4) is 5.88 Å². The van der Waals surface area contributed by atoms with Gasteiger partial charge in [0.05, 0.1) is 19.1 Å². The summed E-state index contributed by atoms with van der Waals surface area (Å²) in [6.45, 7) is 1.42. The predicted molar refractivity (Wildman–Crippen MR) is 68.7 cm³/mol. The van der Waals surface area contributed by atoms with Gasteiger partial charge in [0, 0.05) is 25.5 Å². The van der Waals surface area contributed by atoms with Crippen LogP contribution in [0.4, 0.5) is 5.69 Å². The van der Waals surface area contributed by atoms with Gasteiger partial charge in [0.2, 0.25) is 5.88 Å². The van der Waals surface area contributed by atoms with Crippen molar-refractivity contribution in [2.24, 2.45) is 0 Å². The Balaban J connectivity index is 2.40. The van der Waals surface area contributed by atoms with Gasteiger partial charge in [-0.05, 0) is 17.5 Å². The van der Waals surface area contributed by atoms with E-state index in [4.69, 9.17) is 9.47 Å². The van der Waals surface area contributed by atoms with Crippen LogP contribution < -0.4 is 10.1 Å². The van der Waals surface area contributed by atoms with E-state index in [0.29, 0.717) is 12.5 Å². The second-order valence-corrected chi connectivity index (χ2v) is 3.64. The van der Waals surface area contributed by atoms with Crippen LogP contribution in [0.2, 0.25) is 0 Å². The fraction of sp³-hybridized carbons (Fsp3) is 0.308. The van der Waals surface area contributed by atoms with Crippen LogP contribution in [0, 0.1) is 0 Å². The van der Waals surface area contributed by atoms with Gasteiger partial charge >= 0.3 is 0 Å². The second-order valence-electron chi connectivity index (χ2n) is 3.64. The molecule has 2 rings (SSSR count). The average Bonchev–Trinajstić information content (AvgIpc) is 2.38. The number of hydrogen-bond acceptors (Lipinski definition) is 4. The Morgan fingerprint density at radius 1 is 1.24 bits per heavy atom. The molecule has 0 bridgehead atoms. The maximum atomic E-state index is 5.29. The lowest BCUT2D eigenvalue weighted by Gasteiger charge is -2.11. The topological polar surface area (TPSA) is 43.4 Å². The van der Waals surface area contributed by atoms with Gasteiger partial charge in [-0.15, -0.1) is 0 Å². The van der Waals surface area contributed by atoms with Crippen LogP contribution in [0.3, 0.4) is 0 Å². The summed E-state index contributed by atoms with van der Waals surface area (Å²) in [7, 11) is 3.32. The van der Waals surface area contributed by atoms with Crippen molar-refractivity contribution in [1.82, 2.24) is 4.98 Å². The number of pyridine rings is 1. The first-order chi connectivity index (χ1) is 8.36. The summed E-state index contributed by atoms with van der Waals surface area (Å²) in [6.07, 6.45) is 1.75. The van der Waals surface area contributed by atoms with Crippen LogP contribution in [0.15, 0.2) is 30.5 Å². The zero-order valence-corrected chi connectivity index (χ0v) is 10.1. The summed E-state index contributed by atoms with van der Waals surface area (Å²) in [5, 5.41) is 5.44. The molecule has 0 aliphatic heterocycles. The smallest absolute Gasteiger partial charge is 0.223 e. The highest BCUT2D eigenvalue weighted by Gasteiger charge is 2.07. The van der Waals surface area contributed by atoms with Gasteiger partial charge in [0.15, 0.2) is 0 Å². The Bertz CT molecular complexity index is 494. The van der Waals surface area contributed by atoms with Crippen molar-refractivity contribution in [3.63, 3.8) is 0 Å². The van der Waals surface area contributed by atoms with Crippen LogP contribution in [-0.2, 0) is 4.74 Å². The molecule has 0 saturated carbocycles. The standard InChI is InChI=1S/C13H16N2O2/c1-16-9-8-14-11-5-3-4-10-6-7-15-13(17-2)12(10)11/h3-7,14H,8-9H2,1-2H3. The molecule has 1 aromatic carbocycles. The van der Waals surface area contributed by atoms with E-state index in [9.17, 15) is 0 Å². The molecule has 2 aromatic rings. The highest BCUT2D eigenvalue weighted by atomic mass is 16.5. The number of nitrogens with zero attached hydrogens (tertiary/aromatic N) is 1. The quantitative estimate of drug-likeness (QED) is 0.803. The van der Waals surface area contributed by atoms with Gasteiger partial charge in [-0.3, -0.25) is 0 Å². The lowest BCUT2D eigenvalue weighted by atomic mass is 10.1. The van der Waals surface area contributed by atoms with Gasteiger partial charge in [-0.25, -0.2) is 4.98 Å². The van der Waals surface area contributed by atoms with Crippen molar-refractivity contribution in [3.05, 3.63) is 30.5 Å². The molecule has 0 amide bonds. The molecule has 0 radical (unpaired) electrons. The maximum absolute atomic E-state index is 5.29. The van der Waals surface area contributed by atoms with Crippen molar-refractivity contribution in [1.29, 1.82) is 0 Å². The van der Waals surface area contributed by atoms with E-state index in [1.807, 2.05) is 24.3 Å². The summed E-state index contributed by atoms with van der Waals surface area (Å²) < 4.78 is 10.3. The van der Waals surface area contributed by atoms with Crippen LogP contribution >= 0.6 is 0 Å².